The summed E-state index contributed by atoms with van der Waals surface area (Å²) in [6, 6.07) is 11.2. The largest absolute Gasteiger partial charge is 0.486 e. The maximum atomic E-state index is 13.1. The lowest BCUT2D eigenvalue weighted by atomic mass is 10.1. The normalized spacial score (nSPS) is 13.3. The Labute approximate surface area is 190 Å². The van der Waals surface area contributed by atoms with E-state index in [1.54, 1.807) is 25.1 Å². The summed E-state index contributed by atoms with van der Waals surface area (Å²) in [7, 11) is 0. The molecule has 2 amide bonds. The van der Waals surface area contributed by atoms with E-state index >= 15 is 0 Å². The van der Waals surface area contributed by atoms with Gasteiger partial charge in [0.2, 0.25) is 0 Å². The summed E-state index contributed by atoms with van der Waals surface area (Å²) < 4.78 is 18.7. The first kappa shape index (κ1) is 22.0. The number of benzene rings is 2. The van der Waals surface area contributed by atoms with Gasteiger partial charge < -0.3 is 15.0 Å². The maximum Gasteiger partial charge on any atom is 0.267 e. The summed E-state index contributed by atoms with van der Waals surface area (Å²) in [6.45, 7) is 5.29. The van der Waals surface area contributed by atoms with E-state index in [-0.39, 0.29) is 24.2 Å². The highest BCUT2D eigenvalue weighted by Crippen LogP contribution is 2.27. The number of aromatic nitrogens is 1. The molecule has 32 heavy (non-hydrogen) atoms. The second-order valence-corrected chi connectivity index (χ2v) is 8.80. The Hall–Kier alpha value is -3.26. The number of carbonyl (C=O) groups is 2. The molecule has 1 N–H and O–H groups in total. The molecule has 4 rings (SSSR count). The SMILES string of the molecule is Cc1cccc(C(=O)N2CCCC2)c1NC(=O)c1sc(COc2ccc(F)cc2)nc1C. The predicted molar refractivity (Wildman–Crippen MR) is 122 cm³/mol. The second-order valence-electron chi connectivity index (χ2n) is 7.72. The number of rotatable bonds is 6. The smallest absolute Gasteiger partial charge is 0.267 e. The van der Waals surface area contributed by atoms with E-state index in [4.69, 9.17) is 4.74 Å². The number of halogens is 1. The standard InChI is InChI=1S/C24H24FN3O3S/c1-15-6-5-7-19(24(30)28-12-3-4-13-28)21(15)27-23(29)22-16(2)26-20(32-22)14-31-18-10-8-17(25)9-11-18/h5-11H,3-4,12-14H2,1-2H3,(H,27,29). The molecule has 0 bridgehead atoms. The monoisotopic (exact) mass is 453 g/mol. The predicted octanol–water partition coefficient (Wildman–Crippen LogP) is 4.97. The molecular weight excluding hydrogens is 429 g/mol. The molecule has 0 aliphatic carbocycles. The Morgan fingerprint density at radius 1 is 1.12 bits per heavy atom. The van der Waals surface area contributed by atoms with E-state index < -0.39 is 0 Å². The Morgan fingerprint density at radius 2 is 1.84 bits per heavy atom. The minimum Gasteiger partial charge on any atom is -0.486 e. The van der Waals surface area contributed by atoms with Crippen molar-refractivity contribution in [3.05, 3.63) is 75.0 Å². The highest BCUT2D eigenvalue weighted by atomic mass is 32.1. The number of aryl methyl sites for hydroxylation is 2. The molecule has 0 unspecified atom stereocenters. The molecule has 1 fully saturated rings. The minimum atomic E-state index is -0.333. The van der Waals surface area contributed by atoms with Crippen molar-refractivity contribution in [3.8, 4) is 5.75 Å². The van der Waals surface area contributed by atoms with Crippen LogP contribution in [0.5, 0.6) is 5.75 Å². The number of thiazole rings is 1. The van der Waals surface area contributed by atoms with Crippen molar-refractivity contribution in [2.75, 3.05) is 18.4 Å². The number of amides is 2. The fourth-order valence-corrected chi connectivity index (χ4v) is 4.55. The molecular formula is C24H24FN3O3S. The van der Waals surface area contributed by atoms with Gasteiger partial charge in [-0.15, -0.1) is 11.3 Å². The fraction of sp³-hybridized carbons (Fsp3) is 0.292. The summed E-state index contributed by atoms with van der Waals surface area (Å²) in [5.74, 6) is -0.177. The number of nitrogens with one attached hydrogen (secondary N) is 1. The fourth-order valence-electron chi connectivity index (χ4n) is 3.67. The molecule has 166 valence electrons. The molecule has 3 aromatic rings. The van der Waals surface area contributed by atoms with Gasteiger partial charge in [0.15, 0.2) is 0 Å². The third kappa shape index (κ3) is 4.80. The van der Waals surface area contributed by atoms with Gasteiger partial charge in [-0.05, 0) is 62.6 Å². The molecule has 2 aromatic carbocycles. The van der Waals surface area contributed by atoms with Gasteiger partial charge in [0.05, 0.1) is 16.9 Å². The van der Waals surface area contributed by atoms with E-state index in [9.17, 15) is 14.0 Å². The molecule has 0 saturated carbocycles. The number of hydrogen-bond acceptors (Lipinski definition) is 5. The molecule has 0 spiro atoms. The molecule has 2 heterocycles. The van der Waals surface area contributed by atoms with Crippen LogP contribution >= 0.6 is 11.3 Å². The summed E-state index contributed by atoms with van der Waals surface area (Å²) in [6.07, 6.45) is 2.00. The molecule has 0 atom stereocenters. The summed E-state index contributed by atoms with van der Waals surface area (Å²) in [5.41, 5.74) is 2.45. The van der Waals surface area contributed by atoms with E-state index in [0.717, 1.165) is 31.5 Å². The highest BCUT2D eigenvalue weighted by molar-refractivity contribution is 7.13. The summed E-state index contributed by atoms with van der Waals surface area (Å²) >= 11 is 1.24. The van der Waals surface area contributed by atoms with Crippen LogP contribution in [0.4, 0.5) is 10.1 Å². The van der Waals surface area contributed by atoms with Crippen molar-refractivity contribution in [2.24, 2.45) is 0 Å². The number of nitrogens with zero attached hydrogens (tertiary/aromatic N) is 2. The van der Waals surface area contributed by atoms with E-state index in [0.29, 0.717) is 32.6 Å². The first-order chi connectivity index (χ1) is 15.4. The quantitative estimate of drug-likeness (QED) is 0.572. The van der Waals surface area contributed by atoms with Gasteiger partial charge in [-0.2, -0.15) is 0 Å². The summed E-state index contributed by atoms with van der Waals surface area (Å²) in [5, 5.41) is 3.57. The number of anilines is 1. The minimum absolute atomic E-state index is 0.0593. The van der Waals surface area contributed by atoms with Crippen molar-refractivity contribution in [1.29, 1.82) is 0 Å². The first-order valence-corrected chi connectivity index (χ1v) is 11.3. The van der Waals surface area contributed by atoms with Crippen LogP contribution in [-0.4, -0.2) is 34.8 Å². The number of ether oxygens (including phenoxy) is 1. The first-order valence-electron chi connectivity index (χ1n) is 10.5. The van der Waals surface area contributed by atoms with Crippen LogP contribution in [0.2, 0.25) is 0 Å². The van der Waals surface area contributed by atoms with Gasteiger partial charge >= 0.3 is 0 Å². The van der Waals surface area contributed by atoms with Gasteiger partial charge in [-0.3, -0.25) is 9.59 Å². The lowest BCUT2D eigenvalue weighted by Gasteiger charge is -2.19. The summed E-state index contributed by atoms with van der Waals surface area (Å²) in [4.78, 5) is 32.8. The zero-order chi connectivity index (χ0) is 22.7. The Bertz CT molecular complexity index is 1140. The van der Waals surface area contributed by atoms with Crippen LogP contribution in [0, 0.1) is 19.7 Å². The third-order valence-corrected chi connectivity index (χ3v) is 6.49. The van der Waals surface area contributed by atoms with Crippen LogP contribution in [0.25, 0.3) is 0 Å². The molecule has 0 radical (unpaired) electrons. The van der Waals surface area contributed by atoms with Crippen LogP contribution in [0.15, 0.2) is 42.5 Å². The Morgan fingerprint density at radius 3 is 2.56 bits per heavy atom. The number of likely N-dealkylation sites (tertiary alicyclic amines) is 1. The number of para-hydroxylation sites is 1. The molecule has 1 aliphatic heterocycles. The third-order valence-electron chi connectivity index (χ3n) is 5.36. The second kappa shape index (κ2) is 9.48. The van der Waals surface area contributed by atoms with Crippen LogP contribution in [-0.2, 0) is 6.61 Å². The van der Waals surface area contributed by atoms with Crippen molar-refractivity contribution < 1.29 is 18.7 Å². The van der Waals surface area contributed by atoms with Crippen molar-refractivity contribution in [2.45, 2.75) is 33.3 Å². The average Bonchev–Trinajstić information content (AvgIpc) is 3.44. The topological polar surface area (TPSA) is 71.5 Å². The van der Waals surface area contributed by atoms with Crippen molar-refractivity contribution in [3.63, 3.8) is 0 Å². The zero-order valence-corrected chi connectivity index (χ0v) is 18.8. The van der Waals surface area contributed by atoms with Gasteiger partial charge in [0.1, 0.15) is 28.1 Å². The van der Waals surface area contributed by atoms with Crippen molar-refractivity contribution in [1.82, 2.24) is 9.88 Å². The van der Waals surface area contributed by atoms with Crippen LogP contribution < -0.4 is 10.1 Å². The van der Waals surface area contributed by atoms with Gasteiger partial charge in [0, 0.05) is 13.1 Å². The highest BCUT2D eigenvalue weighted by Gasteiger charge is 2.24. The van der Waals surface area contributed by atoms with Gasteiger partial charge in [-0.25, -0.2) is 9.37 Å². The van der Waals surface area contributed by atoms with E-state index in [2.05, 4.69) is 10.3 Å². The number of hydrogen-bond donors (Lipinski definition) is 1. The van der Waals surface area contributed by atoms with E-state index in [1.807, 2.05) is 24.0 Å². The zero-order valence-electron chi connectivity index (χ0n) is 18.0. The Kier molecular flexibility index (Phi) is 6.50. The molecule has 1 aliphatic rings. The van der Waals surface area contributed by atoms with Crippen LogP contribution in [0.3, 0.4) is 0 Å². The van der Waals surface area contributed by atoms with E-state index in [1.165, 1.54) is 23.5 Å². The molecule has 8 heteroatoms. The lowest BCUT2D eigenvalue weighted by Crippen LogP contribution is -2.29. The van der Waals surface area contributed by atoms with Crippen LogP contribution in [0.1, 0.15) is 49.1 Å². The van der Waals surface area contributed by atoms with Gasteiger partial charge in [0.25, 0.3) is 11.8 Å². The number of carbonyl (C=O) groups excluding carboxylic acids is 2. The lowest BCUT2D eigenvalue weighted by molar-refractivity contribution is 0.0793. The molecule has 1 saturated heterocycles. The van der Waals surface area contributed by atoms with Crippen molar-refractivity contribution >= 4 is 28.8 Å². The van der Waals surface area contributed by atoms with Gasteiger partial charge in [-0.1, -0.05) is 12.1 Å². The molecule has 1 aromatic heterocycles. The Balaban J connectivity index is 1.49. The maximum absolute atomic E-state index is 13.1. The molecule has 6 nitrogen and oxygen atoms in total. The average molecular weight is 454 g/mol.